The summed E-state index contributed by atoms with van der Waals surface area (Å²) < 4.78 is 4.63. The Morgan fingerprint density at radius 2 is 2.30 bits per heavy atom. The molecule has 0 aliphatic carbocycles. The molecular formula is C14H15ClN2O2S. The van der Waals surface area contributed by atoms with E-state index in [1.54, 1.807) is 0 Å². The van der Waals surface area contributed by atoms with Crippen molar-refractivity contribution >= 4 is 34.0 Å². The Kier molecular flexibility index (Phi) is 4.98. The number of thiazole rings is 1. The average molecular weight is 311 g/mol. The summed E-state index contributed by atoms with van der Waals surface area (Å²) in [5.41, 5.74) is 1.85. The van der Waals surface area contributed by atoms with Gasteiger partial charge in [0.1, 0.15) is 0 Å². The quantitative estimate of drug-likeness (QED) is 0.796. The molecule has 0 saturated carbocycles. The summed E-state index contributed by atoms with van der Waals surface area (Å²) in [5, 5.41) is 3.46. The van der Waals surface area contributed by atoms with Gasteiger partial charge in [0.25, 0.3) is 0 Å². The summed E-state index contributed by atoms with van der Waals surface area (Å²) in [6.07, 6.45) is 0.206. The maximum absolute atomic E-state index is 11.2. The van der Waals surface area contributed by atoms with Gasteiger partial charge in [0.05, 0.1) is 19.2 Å². The number of carbonyl (C=O) groups excluding carboxylic acids is 1. The molecule has 1 aromatic heterocycles. The van der Waals surface area contributed by atoms with Crippen LogP contribution in [0.4, 0.5) is 5.13 Å². The number of methoxy groups -OCH3 is 1. The molecule has 0 N–H and O–H groups in total. The molecule has 106 valence electrons. The molecular weight excluding hydrogens is 296 g/mol. The molecule has 0 atom stereocenters. The molecule has 0 spiro atoms. The minimum absolute atomic E-state index is 0.206. The third-order valence-corrected chi connectivity index (χ3v) is 3.97. The second-order valence-electron chi connectivity index (χ2n) is 4.36. The van der Waals surface area contributed by atoms with Crippen LogP contribution in [0.25, 0.3) is 0 Å². The van der Waals surface area contributed by atoms with Gasteiger partial charge in [0.2, 0.25) is 0 Å². The largest absolute Gasteiger partial charge is 0.469 e. The zero-order chi connectivity index (χ0) is 14.5. The number of halogens is 1. The lowest BCUT2D eigenvalue weighted by Crippen LogP contribution is -2.16. The van der Waals surface area contributed by atoms with Crippen LogP contribution < -0.4 is 4.90 Å². The van der Waals surface area contributed by atoms with Crippen molar-refractivity contribution in [1.29, 1.82) is 0 Å². The van der Waals surface area contributed by atoms with E-state index >= 15 is 0 Å². The molecule has 6 heteroatoms. The monoisotopic (exact) mass is 310 g/mol. The SMILES string of the molecule is COC(=O)Cc1csc(N(C)Cc2cccc(Cl)c2)n1. The van der Waals surface area contributed by atoms with Gasteiger partial charge in [-0.05, 0) is 17.7 Å². The van der Waals surface area contributed by atoms with Crippen molar-refractivity contribution in [1.82, 2.24) is 4.98 Å². The molecule has 2 rings (SSSR count). The fourth-order valence-electron chi connectivity index (χ4n) is 1.75. The van der Waals surface area contributed by atoms with E-state index in [0.717, 1.165) is 21.4 Å². The van der Waals surface area contributed by atoms with E-state index in [1.807, 2.05) is 41.6 Å². The van der Waals surface area contributed by atoms with Crippen LogP contribution >= 0.6 is 22.9 Å². The van der Waals surface area contributed by atoms with Crippen molar-refractivity contribution in [3.8, 4) is 0 Å². The number of esters is 1. The van der Waals surface area contributed by atoms with Gasteiger partial charge in [-0.2, -0.15) is 0 Å². The Bertz CT molecular complexity index is 600. The first kappa shape index (κ1) is 14.8. The van der Waals surface area contributed by atoms with Crippen LogP contribution in [0.2, 0.25) is 5.02 Å². The van der Waals surface area contributed by atoms with E-state index in [-0.39, 0.29) is 12.4 Å². The fourth-order valence-corrected chi connectivity index (χ4v) is 2.75. The summed E-state index contributed by atoms with van der Waals surface area (Å²) in [4.78, 5) is 17.7. The summed E-state index contributed by atoms with van der Waals surface area (Å²) in [7, 11) is 3.34. The predicted molar refractivity (Wildman–Crippen MR) is 81.4 cm³/mol. The van der Waals surface area contributed by atoms with E-state index < -0.39 is 0 Å². The van der Waals surface area contributed by atoms with Gasteiger partial charge in [0.15, 0.2) is 5.13 Å². The zero-order valence-electron chi connectivity index (χ0n) is 11.3. The number of nitrogens with zero attached hydrogens (tertiary/aromatic N) is 2. The number of benzene rings is 1. The molecule has 0 bridgehead atoms. The minimum atomic E-state index is -0.278. The maximum Gasteiger partial charge on any atom is 0.311 e. The summed E-state index contributed by atoms with van der Waals surface area (Å²) in [6.45, 7) is 0.714. The summed E-state index contributed by atoms with van der Waals surface area (Å²) in [6, 6.07) is 7.73. The fraction of sp³-hybridized carbons (Fsp3) is 0.286. The van der Waals surface area contributed by atoms with Crippen LogP contribution in [-0.4, -0.2) is 25.1 Å². The molecule has 0 unspecified atom stereocenters. The Hall–Kier alpha value is -1.59. The lowest BCUT2D eigenvalue weighted by Gasteiger charge is -2.15. The molecule has 0 amide bonds. The number of hydrogen-bond acceptors (Lipinski definition) is 5. The lowest BCUT2D eigenvalue weighted by atomic mass is 10.2. The molecule has 1 heterocycles. The number of hydrogen-bond donors (Lipinski definition) is 0. The first-order valence-electron chi connectivity index (χ1n) is 6.05. The van der Waals surface area contributed by atoms with Crippen molar-refractivity contribution in [3.63, 3.8) is 0 Å². The number of aromatic nitrogens is 1. The minimum Gasteiger partial charge on any atom is -0.469 e. The molecule has 0 fully saturated rings. The zero-order valence-corrected chi connectivity index (χ0v) is 12.9. The van der Waals surface area contributed by atoms with Gasteiger partial charge in [0, 0.05) is 24.0 Å². The number of anilines is 1. The summed E-state index contributed by atoms with van der Waals surface area (Å²) in [5.74, 6) is -0.278. The van der Waals surface area contributed by atoms with Crippen molar-refractivity contribution in [2.45, 2.75) is 13.0 Å². The van der Waals surface area contributed by atoms with Crippen LogP contribution in [0.3, 0.4) is 0 Å². The van der Waals surface area contributed by atoms with Crippen LogP contribution in [0.1, 0.15) is 11.3 Å². The molecule has 0 saturated heterocycles. The number of rotatable bonds is 5. The van der Waals surface area contributed by atoms with Gasteiger partial charge in [-0.1, -0.05) is 23.7 Å². The molecule has 0 aliphatic heterocycles. The average Bonchev–Trinajstić information content (AvgIpc) is 2.87. The van der Waals surface area contributed by atoms with Gasteiger partial charge < -0.3 is 9.64 Å². The lowest BCUT2D eigenvalue weighted by molar-refractivity contribution is -0.139. The first-order chi connectivity index (χ1) is 9.58. The van der Waals surface area contributed by atoms with Crippen molar-refractivity contribution < 1.29 is 9.53 Å². The molecule has 20 heavy (non-hydrogen) atoms. The van der Waals surface area contributed by atoms with Gasteiger partial charge in [-0.25, -0.2) is 4.98 Å². The van der Waals surface area contributed by atoms with Crippen LogP contribution in [0, 0.1) is 0 Å². The van der Waals surface area contributed by atoms with E-state index in [4.69, 9.17) is 11.6 Å². The third-order valence-electron chi connectivity index (χ3n) is 2.73. The normalized spacial score (nSPS) is 10.3. The second-order valence-corrected chi connectivity index (χ2v) is 5.63. The standard InChI is InChI=1S/C14H15ClN2O2S/c1-17(8-10-4-3-5-11(15)6-10)14-16-12(9-20-14)7-13(18)19-2/h3-6,9H,7-8H2,1-2H3. The van der Waals surface area contributed by atoms with Crippen molar-refractivity contribution in [2.75, 3.05) is 19.1 Å². The van der Waals surface area contributed by atoms with Crippen molar-refractivity contribution in [3.05, 3.63) is 45.9 Å². The highest BCUT2D eigenvalue weighted by atomic mass is 35.5. The Morgan fingerprint density at radius 1 is 1.50 bits per heavy atom. The number of carbonyl (C=O) groups is 1. The van der Waals surface area contributed by atoms with Gasteiger partial charge in [-0.15, -0.1) is 11.3 Å². The van der Waals surface area contributed by atoms with Crippen LogP contribution in [0.5, 0.6) is 0 Å². The second kappa shape index (κ2) is 6.72. The molecule has 0 radical (unpaired) electrons. The smallest absolute Gasteiger partial charge is 0.311 e. The topological polar surface area (TPSA) is 42.4 Å². The first-order valence-corrected chi connectivity index (χ1v) is 7.31. The van der Waals surface area contributed by atoms with E-state index in [0.29, 0.717) is 6.54 Å². The maximum atomic E-state index is 11.2. The third kappa shape index (κ3) is 3.95. The molecule has 4 nitrogen and oxygen atoms in total. The van der Waals surface area contributed by atoms with Crippen LogP contribution in [-0.2, 0) is 22.5 Å². The predicted octanol–water partition coefficient (Wildman–Crippen LogP) is 3.15. The summed E-state index contributed by atoms with van der Waals surface area (Å²) >= 11 is 7.48. The van der Waals surface area contributed by atoms with Gasteiger partial charge >= 0.3 is 5.97 Å². The van der Waals surface area contributed by atoms with Crippen molar-refractivity contribution in [2.24, 2.45) is 0 Å². The Labute approximate surface area is 127 Å². The highest BCUT2D eigenvalue weighted by molar-refractivity contribution is 7.13. The highest BCUT2D eigenvalue weighted by Gasteiger charge is 2.11. The number of ether oxygens (including phenoxy) is 1. The van der Waals surface area contributed by atoms with E-state index in [1.165, 1.54) is 18.4 Å². The highest BCUT2D eigenvalue weighted by Crippen LogP contribution is 2.22. The van der Waals surface area contributed by atoms with E-state index in [9.17, 15) is 4.79 Å². The van der Waals surface area contributed by atoms with Crippen LogP contribution in [0.15, 0.2) is 29.6 Å². The molecule has 2 aromatic rings. The Morgan fingerprint density at radius 3 is 3.00 bits per heavy atom. The molecule has 0 aliphatic rings. The van der Waals surface area contributed by atoms with E-state index in [2.05, 4.69) is 9.72 Å². The van der Waals surface area contributed by atoms with Gasteiger partial charge in [-0.3, -0.25) is 4.79 Å². The Balaban J connectivity index is 2.02. The molecule has 1 aromatic carbocycles.